The molecule has 9 heteroatoms. The molecule has 0 spiro atoms. The largest absolute Gasteiger partial charge is 0.397 e. The number of fused-ring (bicyclic) bond motifs is 2. The maximum absolute atomic E-state index is 13.6. The second-order valence-corrected chi connectivity index (χ2v) is 9.08. The van der Waals surface area contributed by atoms with Crippen molar-refractivity contribution in [2.24, 2.45) is 0 Å². The van der Waals surface area contributed by atoms with Crippen LogP contribution in [-0.2, 0) is 0 Å². The molecule has 154 valence electrons. The SMILES string of the molecule is Nc1c(-c2nc3ccc(N4CCN(C5CC5)CC4)cc3[nH]2)c(=O)[nH]c2cc(F)sc12. The number of H-pyrrole nitrogens is 2. The summed E-state index contributed by atoms with van der Waals surface area (Å²) in [7, 11) is 0. The molecule has 30 heavy (non-hydrogen) atoms. The Kier molecular flexibility index (Phi) is 3.91. The monoisotopic (exact) mass is 424 g/mol. The van der Waals surface area contributed by atoms with Crippen LogP contribution in [0.1, 0.15) is 12.8 Å². The number of pyridine rings is 1. The molecule has 4 heterocycles. The Morgan fingerprint density at radius 1 is 1.10 bits per heavy atom. The zero-order valence-corrected chi connectivity index (χ0v) is 17.1. The molecule has 3 aromatic heterocycles. The van der Waals surface area contributed by atoms with Gasteiger partial charge in [0.25, 0.3) is 5.56 Å². The van der Waals surface area contributed by atoms with Gasteiger partial charge in [-0.2, -0.15) is 4.39 Å². The number of aromatic nitrogens is 3. The van der Waals surface area contributed by atoms with E-state index in [9.17, 15) is 9.18 Å². The maximum atomic E-state index is 13.6. The van der Waals surface area contributed by atoms with E-state index in [-0.39, 0.29) is 21.9 Å². The minimum Gasteiger partial charge on any atom is -0.397 e. The molecule has 4 N–H and O–H groups in total. The molecule has 7 nitrogen and oxygen atoms in total. The van der Waals surface area contributed by atoms with Crippen LogP contribution in [0, 0.1) is 5.13 Å². The van der Waals surface area contributed by atoms with Crippen molar-refractivity contribution in [1.29, 1.82) is 0 Å². The first-order valence-corrected chi connectivity index (χ1v) is 11.0. The number of aromatic amines is 2. The predicted molar refractivity (Wildman–Crippen MR) is 119 cm³/mol. The van der Waals surface area contributed by atoms with Gasteiger partial charge in [-0.3, -0.25) is 9.69 Å². The number of thiophene rings is 1. The van der Waals surface area contributed by atoms with E-state index in [1.54, 1.807) is 0 Å². The summed E-state index contributed by atoms with van der Waals surface area (Å²) in [5.41, 5.74) is 9.51. The van der Waals surface area contributed by atoms with Gasteiger partial charge < -0.3 is 20.6 Å². The third-order valence-electron chi connectivity index (χ3n) is 6.14. The Labute approximate surface area is 175 Å². The Balaban J connectivity index is 1.35. The van der Waals surface area contributed by atoms with Gasteiger partial charge in [0.05, 0.1) is 26.9 Å². The van der Waals surface area contributed by atoms with Gasteiger partial charge in [0.2, 0.25) is 0 Å². The van der Waals surface area contributed by atoms with E-state index >= 15 is 0 Å². The second kappa shape index (κ2) is 6.55. The van der Waals surface area contributed by atoms with Gasteiger partial charge in [0, 0.05) is 44.0 Å². The molecule has 1 aliphatic carbocycles. The Morgan fingerprint density at radius 2 is 1.90 bits per heavy atom. The lowest BCUT2D eigenvalue weighted by Crippen LogP contribution is -2.47. The van der Waals surface area contributed by atoms with Crippen molar-refractivity contribution in [3.63, 3.8) is 0 Å². The highest BCUT2D eigenvalue weighted by Crippen LogP contribution is 2.34. The van der Waals surface area contributed by atoms with Gasteiger partial charge >= 0.3 is 0 Å². The highest BCUT2D eigenvalue weighted by atomic mass is 32.1. The molecule has 2 fully saturated rings. The van der Waals surface area contributed by atoms with E-state index < -0.39 is 0 Å². The molecule has 1 aliphatic heterocycles. The molecular weight excluding hydrogens is 403 g/mol. The summed E-state index contributed by atoms with van der Waals surface area (Å²) in [6, 6.07) is 8.21. The van der Waals surface area contributed by atoms with Crippen LogP contribution in [0.25, 0.3) is 32.6 Å². The minimum absolute atomic E-state index is 0.248. The third kappa shape index (κ3) is 2.88. The number of nitrogens with one attached hydrogen (secondary N) is 2. The molecule has 0 unspecified atom stereocenters. The first-order chi connectivity index (χ1) is 14.6. The summed E-state index contributed by atoms with van der Waals surface area (Å²) in [4.78, 5) is 28.1. The molecule has 0 bridgehead atoms. The summed E-state index contributed by atoms with van der Waals surface area (Å²) in [6.45, 7) is 4.22. The predicted octanol–water partition coefficient (Wildman–Crippen LogP) is 3.14. The van der Waals surface area contributed by atoms with Crippen LogP contribution in [-0.4, -0.2) is 52.1 Å². The maximum Gasteiger partial charge on any atom is 0.261 e. The molecule has 6 rings (SSSR count). The van der Waals surface area contributed by atoms with Crippen molar-refractivity contribution < 1.29 is 4.39 Å². The van der Waals surface area contributed by atoms with Gasteiger partial charge in [-0.1, -0.05) is 0 Å². The number of rotatable bonds is 3. The van der Waals surface area contributed by atoms with Crippen LogP contribution < -0.4 is 16.2 Å². The average molecular weight is 425 g/mol. The van der Waals surface area contributed by atoms with Crippen LogP contribution >= 0.6 is 11.3 Å². The lowest BCUT2D eigenvalue weighted by atomic mass is 10.2. The van der Waals surface area contributed by atoms with E-state index in [0.29, 0.717) is 16.0 Å². The van der Waals surface area contributed by atoms with Crippen molar-refractivity contribution in [3.8, 4) is 11.4 Å². The zero-order chi connectivity index (χ0) is 20.4. The Hall–Kier alpha value is -2.91. The fourth-order valence-electron chi connectivity index (χ4n) is 4.41. The number of nitrogen functional groups attached to an aromatic ring is 1. The molecule has 2 aliphatic rings. The molecule has 1 saturated heterocycles. The second-order valence-electron chi connectivity index (χ2n) is 8.08. The smallest absolute Gasteiger partial charge is 0.261 e. The lowest BCUT2D eigenvalue weighted by molar-refractivity contribution is 0.248. The van der Waals surface area contributed by atoms with Gasteiger partial charge in [-0.15, -0.1) is 11.3 Å². The highest BCUT2D eigenvalue weighted by molar-refractivity contribution is 7.18. The fraction of sp³-hybridized carbons (Fsp3) is 0.333. The topological polar surface area (TPSA) is 94.0 Å². The molecular formula is C21H21FN6OS. The van der Waals surface area contributed by atoms with Crippen molar-refractivity contribution >= 4 is 44.0 Å². The van der Waals surface area contributed by atoms with E-state index in [2.05, 4.69) is 36.9 Å². The van der Waals surface area contributed by atoms with E-state index in [4.69, 9.17) is 5.73 Å². The molecule has 1 saturated carbocycles. The first kappa shape index (κ1) is 17.9. The number of imidazole rings is 1. The molecule has 4 aromatic rings. The van der Waals surface area contributed by atoms with Crippen LogP contribution in [0.5, 0.6) is 0 Å². The fourth-order valence-corrected chi connectivity index (χ4v) is 5.21. The Morgan fingerprint density at radius 3 is 2.67 bits per heavy atom. The normalized spacial score (nSPS) is 18.0. The van der Waals surface area contributed by atoms with Gasteiger partial charge in [-0.25, -0.2) is 4.98 Å². The standard InChI is InChI=1S/C21H21FN6OS/c22-16-10-15-19(30-16)18(23)17(21(29)26-15)20-24-13-4-3-12(9-14(13)25-20)28-7-5-27(6-8-28)11-1-2-11/h3-4,9-11H,1-2,5-8H2,(H,24,25)(H3,23,26,29). The number of piperazine rings is 1. The van der Waals surface area contributed by atoms with E-state index in [1.165, 1.54) is 18.9 Å². The lowest BCUT2D eigenvalue weighted by Gasteiger charge is -2.36. The van der Waals surface area contributed by atoms with Crippen LogP contribution in [0.15, 0.2) is 29.1 Å². The van der Waals surface area contributed by atoms with Gasteiger partial charge in [-0.05, 0) is 31.0 Å². The molecule has 1 aromatic carbocycles. The number of nitrogens with zero attached hydrogens (tertiary/aromatic N) is 3. The summed E-state index contributed by atoms with van der Waals surface area (Å²) in [5, 5.41) is -0.388. The zero-order valence-electron chi connectivity index (χ0n) is 16.2. The quantitative estimate of drug-likeness (QED) is 0.470. The number of hydrogen-bond acceptors (Lipinski definition) is 6. The van der Waals surface area contributed by atoms with Gasteiger partial charge in [0.1, 0.15) is 11.4 Å². The number of nitrogens with two attached hydrogens (primary N) is 1. The minimum atomic E-state index is -0.388. The number of hydrogen-bond donors (Lipinski definition) is 3. The summed E-state index contributed by atoms with van der Waals surface area (Å²) < 4.78 is 14.2. The van der Waals surface area contributed by atoms with Crippen LogP contribution in [0.4, 0.5) is 15.8 Å². The first-order valence-electron chi connectivity index (χ1n) is 10.2. The van der Waals surface area contributed by atoms with Gasteiger partial charge in [0.15, 0.2) is 5.13 Å². The number of halogens is 1. The van der Waals surface area contributed by atoms with Crippen molar-refractivity contribution in [3.05, 3.63) is 39.8 Å². The van der Waals surface area contributed by atoms with Crippen molar-refractivity contribution in [2.75, 3.05) is 36.8 Å². The summed E-state index contributed by atoms with van der Waals surface area (Å²) in [5.74, 6) is 0.398. The van der Waals surface area contributed by atoms with Crippen LogP contribution in [0.2, 0.25) is 0 Å². The van der Waals surface area contributed by atoms with E-state index in [1.807, 2.05) is 6.07 Å². The van der Waals surface area contributed by atoms with Crippen LogP contribution in [0.3, 0.4) is 0 Å². The van der Waals surface area contributed by atoms with E-state index in [0.717, 1.165) is 60.3 Å². The number of anilines is 2. The van der Waals surface area contributed by atoms with Crippen molar-refractivity contribution in [2.45, 2.75) is 18.9 Å². The molecule has 0 amide bonds. The van der Waals surface area contributed by atoms with Crippen molar-refractivity contribution in [1.82, 2.24) is 19.9 Å². The summed E-state index contributed by atoms with van der Waals surface area (Å²) in [6.07, 6.45) is 2.68. The highest BCUT2D eigenvalue weighted by Gasteiger charge is 2.31. The molecule has 0 radical (unpaired) electrons. The average Bonchev–Trinajstić information content (AvgIpc) is 3.40. The third-order valence-corrected chi connectivity index (χ3v) is 7.09. The number of benzene rings is 1. The molecule has 0 atom stereocenters. The summed E-state index contributed by atoms with van der Waals surface area (Å²) >= 11 is 0.917. The Bertz CT molecular complexity index is 1330.